The van der Waals surface area contributed by atoms with Gasteiger partial charge < -0.3 is 9.47 Å². The topological polar surface area (TPSA) is 71.4 Å². The Hall–Kier alpha value is -2.64. The fourth-order valence-corrected chi connectivity index (χ4v) is 6.81. The van der Waals surface area contributed by atoms with Crippen LogP contribution in [0.4, 0.5) is 0 Å². The Morgan fingerprint density at radius 1 is 0.912 bits per heavy atom. The fourth-order valence-electron chi connectivity index (χ4n) is 5.48. The van der Waals surface area contributed by atoms with Crippen LogP contribution in [-0.4, -0.2) is 42.9 Å². The van der Waals surface area contributed by atoms with Gasteiger partial charge in [-0.05, 0) is 68.7 Å². The first kappa shape index (κ1) is 23.1. The molecule has 3 aromatic rings. The van der Waals surface area contributed by atoms with Crippen LogP contribution in [0.5, 0.6) is 0 Å². The highest BCUT2D eigenvalue weighted by Crippen LogP contribution is 2.31. The molecule has 180 valence electrons. The second kappa shape index (κ2) is 9.55. The van der Waals surface area contributed by atoms with Gasteiger partial charge in [0.25, 0.3) is 0 Å². The maximum absolute atomic E-state index is 13.2. The number of rotatable bonds is 5. The van der Waals surface area contributed by atoms with Gasteiger partial charge in [0.1, 0.15) is 0 Å². The predicted molar refractivity (Wildman–Crippen MR) is 135 cm³/mol. The van der Waals surface area contributed by atoms with Crippen molar-refractivity contribution in [1.82, 2.24) is 14.2 Å². The average molecular weight is 480 g/mol. The van der Waals surface area contributed by atoms with Crippen LogP contribution in [0.3, 0.4) is 0 Å². The number of aryl methyl sites for hydroxylation is 1. The number of likely N-dealkylation sites (tertiary alicyclic amines) is 1. The summed E-state index contributed by atoms with van der Waals surface area (Å²) in [6.45, 7) is 1.75. The molecule has 7 heteroatoms. The van der Waals surface area contributed by atoms with Crippen LogP contribution in [0.15, 0.2) is 59.5 Å². The van der Waals surface area contributed by atoms with E-state index in [4.69, 9.17) is 0 Å². The molecular formula is C27H33N3O3S. The van der Waals surface area contributed by atoms with Crippen molar-refractivity contribution in [2.24, 2.45) is 13.0 Å². The van der Waals surface area contributed by atoms with Crippen LogP contribution >= 0.6 is 0 Å². The van der Waals surface area contributed by atoms with Gasteiger partial charge in [-0.2, -0.15) is 0 Å². The molecule has 1 aliphatic carbocycles. The maximum atomic E-state index is 13.2. The molecule has 1 aromatic heterocycles. The first-order valence-corrected chi connectivity index (χ1v) is 13.9. The number of carbonyl (C=O) groups excluding carboxylic acids is 1. The van der Waals surface area contributed by atoms with E-state index in [-0.39, 0.29) is 22.8 Å². The first-order valence-electron chi connectivity index (χ1n) is 12.4. The minimum Gasteiger partial charge on any atom is -0.344 e. The molecule has 2 aliphatic rings. The zero-order valence-electron chi connectivity index (χ0n) is 19.7. The summed E-state index contributed by atoms with van der Waals surface area (Å²) in [7, 11) is -1.67. The minimum atomic E-state index is -3.64. The number of aromatic nitrogens is 1. The molecular weight excluding hydrogens is 446 g/mol. The highest BCUT2D eigenvalue weighted by Gasteiger charge is 2.32. The summed E-state index contributed by atoms with van der Waals surface area (Å²) in [5.41, 5.74) is 3.03. The number of hydrogen-bond donors (Lipinski definition) is 1. The maximum Gasteiger partial charge on any atom is 0.240 e. The zero-order valence-corrected chi connectivity index (χ0v) is 20.6. The van der Waals surface area contributed by atoms with E-state index < -0.39 is 10.0 Å². The lowest BCUT2D eigenvalue weighted by Gasteiger charge is -2.34. The van der Waals surface area contributed by atoms with Gasteiger partial charge >= 0.3 is 0 Å². The Balaban J connectivity index is 1.27. The van der Waals surface area contributed by atoms with Gasteiger partial charge in [-0.1, -0.05) is 36.4 Å². The summed E-state index contributed by atoms with van der Waals surface area (Å²) < 4.78 is 31.4. The third kappa shape index (κ3) is 4.64. The number of benzene rings is 2. The van der Waals surface area contributed by atoms with Crippen molar-refractivity contribution in [3.63, 3.8) is 0 Å². The van der Waals surface area contributed by atoms with E-state index >= 15 is 0 Å². The minimum absolute atomic E-state index is 0.0370. The highest BCUT2D eigenvalue weighted by molar-refractivity contribution is 7.89. The molecule has 1 aliphatic heterocycles. The Kier molecular flexibility index (Phi) is 6.49. The second-order valence-corrected chi connectivity index (χ2v) is 11.4. The number of nitrogens with one attached hydrogen (secondary N) is 1. The molecule has 1 amide bonds. The summed E-state index contributed by atoms with van der Waals surface area (Å²) in [4.78, 5) is 15.1. The van der Waals surface area contributed by atoms with E-state index in [0.717, 1.165) is 60.9 Å². The Morgan fingerprint density at radius 2 is 1.62 bits per heavy atom. The quantitative estimate of drug-likeness (QED) is 0.577. The van der Waals surface area contributed by atoms with Gasteiger partial charge in [0, 0.05) is 48.7 Å². The third-order valence-electron chi connectivity index (χ3n) is 7.46. The van der Waals surface area contributed by atoms with Crippen LogP contribution in [0.2, 0.25) is 0 Å². The van der Waals surface area contributed by atoms with Gasteiger partial charge in [-0.25, -0.2) is 13.1 Å². The van der Waals surface area contributed by atoms with E-state index in [1.54, 1.807) is 12.1 Å². The Bertz CT molecular complexity index is 1270. The van der Waals surface area contributed by atoms with Crippen molar-refractivity contribution in [2.75, 3.05) is 13.1 Å². The lowest BCUT2D eigenvalue weighted by Crippen LogP contribution is -2.43. The third-order valence-corrected chi connectivity index (χ3v) is 8.98. The smallest absolute Gasteiger partial charge is 0.240 e. The zero-order chi connectivity index (χ0) is 23.7. The normalized spacial score (nSPS) is 21.6. The second-order valence-electron chi connectivity index (χ2n) is 9.73. The number of sulfonamides is 1. The molecule has 6 nitrogen and oxygen atoms in total. The molecule has 1 saturated carbocycles. The standard InChI is InChI=1S/C27H33N3O3S/c1-29-25(20-8-4-2-5-9-20)18-22-12-15-24(19-26(22)29)34(32,33)28-23-13-10-21(11-14-23)27(31)30-16-6-3-7-17-30/h2,4-5,8-9,12,15,18-19,21,23,28H,3,6-7,10-11,13-14,16-17H2,1H3. The number of fused-ring (bicyclic) bond motifs is 1. The number of nitrogens with zero attached hydrogens (tertiary/aromatic N) is 2. The lowest BCUT2D eigenvalue weighted by molar-refractivity contribution is -0.137. The highest BCUT2D eigenvalue weighted by atomic mass is 32.2. The lowest BCUT2D eigenvalue weighted by atomic mass is 9.85. The summed E-state index contributed by atoms with van der Waals surface area (Å²) in [6.07, 6.45) is 6.31. The summed E-state index contributed by atoms with van der Waals surface area (Å²) >= 11 is 0. The summed E-state index contributed by atoms with van der Waals surface area (Å²) in [6, 6.07) is 17.4. The largest absolute Gasteiger partial charge is 0.344 e. The number of amides is 1. The monoisotopic (exact) mass is 479 g/mol. The van der Waals surface area contributed by atoms with Crippen LogP contribution in [0, 0.1) is 5.92 Å². The fraction of sp³-hybridized carbons (Fsp3) is 0.444. The molecule has 1 saturated heterocycles. The molecule has 0 bridgehead atoms. The van der Waals surface area contributed by atoms with Crippen LogP contribution in [-0.2, 0) is 21.9 Å². The Morgan fingerprint density at radius 3 is 2.32 bits per heavy atom. The average Bonchev–Trinajstić information content (AvgIpc) is 3.21. The van der Waals surface area contributed by atoms with Crippen LogP contribution in [0.1, 0.15) is 44.9 Å². The molecule has 5 rings (SSSR count). The van der Waals surface area contributed by atoms with Crippen LogP contribution < -0.4 is 4.72 Å². The van der Waals surface area contributed by atoms with E-state index in [1.165, 1.54) is 6.42 Å². The molecule has 34 heavy (non-hydrogen) atoms. The first-order chi connectivity index (χ1) is 16.4. The summed E-state index contributed by atoms with van der Waals surface area (Å²) in [5.74, 6) is 0.305. The molecule has 0 radical (unpaired) electrons. The molecule has 2 fully saturated rings. The van der Waals surface area contributed by atoms with Gasteiger partial charge in [-0.3, -0.25) is 4.79 Å². The van der Waals surface area contributed by atoms with Crippen molar-refractivity contribution in [3.05, 3.63) is 54.6 Å². The number of piperidine rings is 1. The van der Waals surface area contributed by atoms with Crippen molar-refractivity contribution in [2.45, 2.75) is 55.9 Å². The van der Waals surface area contributed by atoms with E-state index in [2.05, 4.69) is 22.9 Å². The van der Waals surface area contributed by atoms with Gasteiger partial charge in [0.15, 0.2) is 0 Å². The van der Waals surface area contributed by atoms with Gasteiger partial charge in [-0.15, -0.1) is 0 Å². The SMILES string of the molecule is Cn1c(-c2ccccc2)cc2ccc(S(=O)(=O)NC3CCC(C(=O)N4CCCCC4)CC3)cc21. The molecule has 2 aromatic carbocycles. The van der Waals surface area contributed by atoms with Gasteiger partial charge in [0.05, 0.1) is 4.90 Å². The van der Waals surface area contributed by atoms with E-state index in [0.29, 0.717) is 12.8 Å². The van der Waals surface area contributed by atoms with E-state index in [1.807, 2.05) is 40.8 Å². The Labute approximate surface area is 202 Å². The van der Waals surface area contributed by atoms with Crippen molar-refractivity contribution >= 4 is 26.8 Å². The predicted octanol–water partition coefficient (Wildman–Crippen LogP) is 4.69. The molecule has 0 unspecified atom stereocenters. The number of hydrogen-bond acceptors (Lipinski definition) is 3. The van der Waals surface area contributed by atoms with Crippen molar-refractivity contribution in [3.8, 4) is 11.3 Å². The van der Waals surface area contributed by atoms with Crippen LogP contribution in [0.25, 0.3) is 22.2 Å². The number of carbonyl (C=O) groups is 1. The molecule has 1 N–H and O–H groups in total. The molecule has 0 atom stereocenters. The summed E-state index contributed by atoms with van der Waals surface area (Å²) in [5, 5.41) is 1.01. The molecule has 0 spiro atoms. The van der Waals surface area contributed by atoms with E-state index in [9.17, 15) is 13.2 Å². The van der Waals surface area contributed by atoms with Crippen molar-refractivity contribution in [1.29, 1.82) is 0 Å². The molecule has 2 heterocycles. The van der Waals surface area contributed by atoms with Crippen molar-refractivity contribution < 1.29 is 13.2 Å². The van der Waals surface area contributed by atoms with Gasteiger partial charge in [0.2, 0.25) is 15.9 Å².